The summed E-state index contributed by atoms with van der Waals surface area (Å²) in [6.45, 7) is 2.54. The molecule has 0 atom stereocenters. The van der Waals surface area contributed by atoms with Crippen LogP contribution in [0.5, 0.6) is 0 Å². The minimum absolute atomic E-state index is 0.0538. The van der Waals surface area contributed by atoms with Gasteiger partial charge in [-0.15, -0.1) is 11.3 Å². The Morgan fingerprint density at radius 1 is 1.50 bits per heavy atom. The first kappa shape index (κ1) is 13.1. The van der Waals surface area contributed by atoms with E-state index in [0.717, 1.165) is 18.5 Å². The lowest BCUT2D eigenvalue weighted by Crippen LogP contribution is -2.32. The summed E-state index contributed by atoms with van der Waals surface area (Å²) in [5, 5.41) is 2.04. The largest absolute Gasteiger partial charge is 0.384 e. The molecule has 1 aliphatic carbocycles. The van der Waals surface area contributed by atoms with Gasteiger partial charge < -0.3 is 10.6 Å². The van der Waals surface area contributed by atoms with E-state index < -0.39 is 0 Å². The third-order valence-electron chi connectivity index (χ3n) is 3.37. The van der Waals surface area contributed by atoms with E-state index in [4.69, 9.17) is 5.73 Å². The Labute approximate surface area is 122 Å². The van der Waals surface area contributed by atoms with Crippen LogP contribution in [0, 0.1) is 6.92 Å². The van der Waals surface area contributed by atoms with Gasteiger partial charge in [0.2, 0.25) is 0 Å². The molecule has 0 aromatic carbocycles. The number of nitrogens with zero attached hydrogens (tertiary/aromatic N) is 2. The molecule has 5 heteroatoms. The molecule has 20 heavy (non-hydrogen) atoms. The summed E-state index contributed by atoms with van der Waals surface area (Å²) < 4.78 is 0. The number of pyridine rings is 1. The van der Waals surface area contributed by atoms with Crippen LogP contribution < -0.4 is 5.73 Å². The highest BCUT2D eigenvalue weighted by Gasteiger charge is 2.33. The molecule has 0 unspecified atom stereocenters. The summed E-state index contributed by atoms with van der Waals surface area (Å²) in [7, 11) is 0. The molecule has 1 fully saturated rings. The van der Waals surface area contributed by atoms with Gasteiger partial charge in [0.25, 0.3) is 5.91 Å². The van der Waals surface area contributed by atoms with Crippen LogP contribution in [0.15, 0.2) is 29.6 Å². The number of amides is 1. The lowest BCUT2D eigenvalue weighted by atomic mass is 10.2. The summed E-state index contributed by atoms with van der Waals surface area (Å²) in [6.07, 6.45) is 2.19. The van der Waals surface area contributed by atoms with Gasteiger partial charge in [0.15, 0.2) is 0 Å². The number of carbonyl (C=O) groups excluding carboxylic acids is 1. The average Bonchev–Trinajstić information content (AvgIpc) is 3.11. The number of nitrogen functional groups attached to an aromatic ring is 1. The van der Waals surface area contributed by atoms with E-state index in [9.17, 15) is 4.79 Å². The SMILES string of the molecule is Cc1cc(C(=O)N(Cc2cccs2)C2CC2)cc(N)n1. The third kappa shape index (κ3) is 2.82. The first-order valence-electron chi connectivity index (χ1n) is 6.71. The van der Waals surface area contributed by atoms with Crippen LogP contribution in [0.2, 0.25) is 0 Å². The maximum atomic E-state index is 12.7. The van der Waals surface area contributed by atoms with Crippen molar-refractivity contribution in [1.29, 1.82) is 0 Å². The van der Waals surface area contributed by atoms with E-state index in [1.165, 1.54) is 4.88 Å². The number of aryl methyl sites for hydroxylation is 1. The number of anilines is 1. The number of hydrogen-bond acceptors (Lipinski definition) is 4. The monoisotopic (exact) mass is 287 g/mol. The van der Waals surface area contributed by atoms with E-state index in [1.807, 2.05) is 29.3 Å². The molecule has 4 nitrogen and oxygen atoms in total. The maximum Gasteiger partial charge on any atom is 0.254 e. The summed E-state index contributed by atoms with van der Waals surface area (Å²) in [6, 6.07) is 7.94. The van der Waals surface area contributed by atoms with E-state index in [0.29, 0.717) is 24.0 Å². The molecule has 1 saturated carbocycles. The Balaban J connectivity index is 1.85. The zero-order valence-corrected chi connectivity index (χ0v) is 12.2. The van der Waals surface area contributed by atoms with Crippen molar-refractivity contribution >= 4 is 23.1 Å². The lowest BCUT2D eigenvalue weighted by Gasteiger charge is -2.22. The molecular weight excluding hydrogens is 270 g/mol. The molecule has 2 N–H and O–H groups in total. The fourth-order valence-electron chi connectivity index (χ4n) is 2.31. The van der Waals surface area contributed by atoms with E-state index in [1.54, 1.807) is 17.4 Å². The van der Waals surface area contributed by atoms with Crippen molar-refractivity contribution in [2.75, 3.05) is 5.73 Å². The van der Waals surface area contributed by atoms with Crippen molar-refractivity contribution in [1.82, 2.24) is 9.88 Å². The molecular formula is C15H17N3OS. The van der Waals surface area contributed by atoms with Crippen LogP contribution in [0.1, 0.15) is 33.8 Å². The second kappa shape index (κ2) is 5.25. The number of aromatic nitrogens is 1. The van der Waals surface area contributed by atoms with E-state index >= 15 is 0 Å². The van der Waals surface area contributed by atoms with Gasteiger partial charge in [0.1, 0.15) is 5.82 Å². The van der Waals surface area contributed by atoms with Gasteiger partial charge in [-0.3, -0.25) is 4.79 Å². The normalized spacial score (nSPS) is 14.2. The van der Waals surface area contributed by atoms with Crippen LogP contribution in [0.25, 0.3) is 0 Å². The zero-order valence-electron chi connectivity index (χ0n) is 11.4. The minimum Gasteiger partial charge on any atom is -0.384 e. The molecule has 2 aromatic rings. The molecule has 3 rings (SSSR count). The molecule has 2 heterocycles. The first-order valence-corrected chi connectivity index (χ1v) is 7.59. The van der Waals surface area contributed by atoms with Gasteiger partial charge in [0, 0.05) is 22.2 Å². The molecule has 104 valence electrons. The lowest BCUT2D eigenvalue weighted by molar-refractivity contribution is 0.0731. The Bertz CT molecular complexity index is 600. The van der Waals surface area contributed by atoms with Crippen molar-refractivity contribution in [3.8, 4) is 0 Å². The van der Waals surface area contributed by atoms with Crippen LogP contribution in [-0.4, -0.2) is 21.8 Å². The van der Waals surface area contributed by atoms with Crippen molar-refractivity contribution < 1.29 is 4.79 Å². The predicted molar refractivity (Wildman–Crippen MR) is 80.6 cm³/mol. The number of carbonyl (C=O) groups is 1. The molecule has 0 aliphatic heterocycles. The summed E-state index contributed by atoms with van der Waals surface area (Å²) >= 11 is 1.68. The second-order valence-corrected chi connectivity index (χ2v) is 6.20. The van der Waals surface area contributed by atoms with Gasteiger partial charge in [0.05, 0.1) is 6.54 Å². The summed E-state index contributed by atoms with van der Waals surface area (Å²) in [5.41, 5.74) is 7.16. The molecule has 0 radical (unpaired) electrons. The highest BCUT2D eigenvalue weighted by Crippen LogP contribution is 2.30. The molecule has 0 spiro atoms. The molecule has 2 aromatic heterocycles. The van der Waals surface area contributed by atoms with Gasteiger partial charge in [-0.2, -0.15) is 0 Å². The highest BCUT2D eigenvalue weighted by atomic mass is 32.1. The first-order chi connectivity index (χ1) is 9.63. The Kier molecular flexibility index (Phi) is 3.44. The fourth-order valence-corrected chi connectivity index (χ4v) is 3.01. The maximum absolute atomic E-state index is 12.7. The van der Waals surface area contributed by atoms with Gasteiger partial charge >= 0.3 is 0 Å². The molecule has 1 amide bonds. The predicted octanol–water partition coefficient (Wildman–Crippen LogP) is 2.84. The molecule has 0 saturated heterocycles. The van der Waals surface area contributed by atoms with Crippen LogP contribution in [-0.2, 0) is 6.54 Å². The van der Waals surface area contributed by atoms with Crippen molar-refractivity contribution in [3.63, 3.8) is 0 Å². The zero-order chi connectivity index (χ0) is 14.1. The quantitative estimate of drug-likeness (QED) is 0.940. The van der Waals surface area contributed by atoms with Crippen LogP contribution >= 0.6 is 11.3 Å². The average molecular weight is 287 g/mol. The van der Waals surface area contributed by atoms with Crippen molar-refractivity contribution in [2.24, 2.45) is 0 Å². The molecule has 0 bridgehead atoms. The van der Waals surface area contributed by atoms with Gasteiger partial charge in [-0.25, -0.2) is 4.98 Å². The van der Waals surface area contributed by atoms with Crippen LogP contribution in [0.4, 0.5) is 5.82 Å². The van der Waals surface area contributed by atoms with Gasteiger partial charge in [-0.05, 0) is 43.3 Å². The van der Waals surface area contributed by atoms with Crippen LogP contribution in [0.3, 0.4) is 0 Å². The number of rotatable bonds is 4. The number of hydrogen-bond donors (Lipinski definition) is 1. The Hall–Kier alpha value is -1.88. The summed E-state index contributed by atoms with van der Waals surface area (Å²) in [5.74, 6) is 0.457. The Morgan fingerprint density at radius 2 is 2.30 bits per heavy atom. The third-order valence-corrected chi connectivity index (χ3v) is 4.24. The highest BCUT2D eigenvalue weighted by molar-refractivity contribution is 7.09. The fraction of sp³-hybridized carbons (Fsp3) is 0.333. The standard InChI is InChI=1S/C15H17N3OS/c1-10-7-11(8-14(16)17-10)15(19)18(12-4-5-12)9-13-3-2-6-20-13/h2-3,6-8,12H,4-5,9H2,1H3,(H2,16,17). The van der Waals surface area contributed by atoms with E-state index in [2.05, 4.69) is 11.1 Å². The number of nitrogens with two attached hydrogens (primary N) is 1. The summed E-state index contributed by atoms with van der Waals surface area (Å²) in [4.78, 5) is 20.0. The van der Waals surface area contributed by atoms with E-state index in [-0.39, 0.29) is 5.91 Å². The topological polar surface area (TPSA) is 59.2 Å². The number of thiophene rings is 1. The van der Waals surface area contributed by atoms with Gasteiger partial charge in [-0.1, -0.05) is 6.07 Å². The minimum atomic E-state index is 0.0538. The second-order valence-electron chi connectivity index (χ2n) is 5.17. The van der Waals surface area contributed by atoms with Crippen molar-refractivity contribution in [3.05, 3.63) is 45.8 Å². The smallest absolute Gasteiger partial charge is 0.254 e. The Morgan fingerprint density at radius 3 is 2.90 bits per heavy atom. The molecule has 1 aliphatic rings. The van der Waals surface area contributed by atoms with Crippen molar-refractivity contribution in [2.45, 2.75) is 32.4 Å².